The summed E-state index contributed by atoms with van der Waals surface area (Å²) in [6.45, 7) is 3.79. The van der Waals surface area contributed by atoms with Gasteiger partial charge in [-0.3, -0.25) is 14.5 Å². The van der Waals surface area contributed by atoms with Gasteiger partial charge in [-0.15, -0.1) is 0 Å². The molecule has 1 aliphatic rings. The van der Waals surface area contributed by atoms with E-state index >= 15 is 0 Å². The third-order valence-electron chi connectivity index (χ3n) is 3.43. The molecular weight excluding hydrogens is 391 g/mol. The zero-order valence-electron chi connectivity index (χ0n) is 11.3. The summed E-state index contributed by atoms with van der Waals surface area (Å²) in [5.74, 6) is -0.149. The van der Waals surface area contributed by atoms with Gasteiger partial charge in [-0.1, -0.05) is 25.4 Å². The fraction of sp³-hybridized carbons (Fsp3) is 0.429. The van der Waals surface area contributed by atoms with Crippen molar-refractivity contribution in [3.63, 3.8) is 0 Å². The Bertz CT molecular complexity index is 550. The van der Waals surface area contributed by atoms with Crippen LogP contribution in [0, 0.1) is 3.57 Å². The quantitative estimate of drug-likeness (QED) is 0.785. The first kappa shape index (κ1) is 15.6. The number of halogens is 2. The van der Waals surface area contributed by atoms with Crippen LogP contribution in [0.1, 0.15) is 26.7 Å². The van der Waals surface area contributed by atoms with Gasteiger partial charge in [0, 0.05) is 8.59 Å². The number of hydrogen-bond donors (Lipinski definition) is 1. The van der Waals surface area contributed by atoms with Crippen LogP contribution in [0.25, 0.3) is 0 Å². The summed E-state index contributed by atoms with van der Waals surface area (Å²) in [5.41, 5.74) is 0.750. The maximum Gasteiger partial charge on any atom is 0.250 e. The highest BCUT2D eigenvalue weighted by Gasteiger charge is 2.40. The van der Waals surface area contributed by atoms with Crippen LogP contribution in [0.5, 0.6) is 0 Å². The van der Waals surface area contributed by atoms with E-state index < -0.39 is 12.1 Å². The highest BCUT2D eigenvalue weighted by molar-refractivity contribution is 14.1. The number of benzene rings is 1. The van der Waals surface area contributed by atoms with E-state index in [1.54, 1.807) is 23.1 Å². The van der Waals surface area contributed by atoms with Crippen LogP contribution in [-0.2, 0) is 9.59 Å². The van der Waals surface area contributed by atoms with Gasteiger partial charge in [-0.2, -0.15) is 0 Å². The summed E-state index contributed by atoms with van der Waals surface area (Å²) in [6, 6.07) is 4.43. The number of piperazine rings is 1. The molecule has 2 atom stereocenters. The van der Waals surface area contributed by atoms with E-state index in [0.29, 0.717) is 17.9 Å². The molecule has 0 aromatic heterocycles. The summed E-state index contributed by atoms with van der Waals surface area (Å²) < 4.78 is 0.867. The molecule has 0 spiro atoms. The van der Waals surface area contributed by atoms with Crippen molar-refractivity contribution in [3.8, 4) is 0 Å². The maximum absolute atomic E-state index is 12.6. The molecular formula is C14H16ClIN2O2. The molecule has 0 saturated carbocycles. The summed E-state index contributed by atoms with van der Waals surface area (Å²) >= 11 is 8.10. The van der Waals surface area contributed by atoms with Crippen LogP contribution in [-0.4, -0.2) is 23.9 Å². The minimum Gasteiger partial charge on any atom is -0.342 e. The SMILES string of the molecule is CCC1NC(=O)C(CC)N(c2ccc(Cl)cc2I)C1=O. The zero-order chi connectivity index (χ0) is 14.9. The lowest BCUT2D eigenvalue weighted by Gasteiger charge is -2.38. The second-order valence-corrected chi connectivity index (χ2v) is 6.30. The molecule has 108 valence electrons. The Morgan fingerprint density at radius 1 is 1.30 bits per heavy atom. The average Bonchev–Trinajstić information content (AvgIpc) is 2.41. The van der Waals surface area contributed by atoms with E-state index in [9.17, 15) is 9.59 Å². The number of hydrogen-bond acceptors (Lipinski definition) is 2. The van der Waals surface area contributed by atoms with Crippen LogP contribution < -0.4 is 10.2 Å². The highest BCUT2D eigenvalue weighted by atomic mass is 127. The number of nitrogens with zero attached hydrogens (tertiary/aromatic N) is 1. The first-order valence-corrected chi connectivity index (χ1v) is 8.03. The van der Waals surface area contributed by atoms with E-state index in [2.05, 4.69) is 27.9 Å². The fourth-order valence-electron chi connectivity index (χ4n) is 2.38. The van der Waals surface area contributed by atoms with Gasteiger partial charge in [0.2, 0.25) is 11.8 Å². The molecule has 1 aromatic carbocycles. The third-order valence-corrected chi connectivity index (χ3v) is 4.53. The van der Waals surface area contributed by atoms with Crippen molar-refractivity contribution in [1.82, 2.24) is 5.32 Å². The molecule has 0 aliphatic carbocycles. The minimum absolute atomic E-state index is 0.0563. The van der Waals surface area contributed by atoms with E-state index in [0.717, 1.165) is 9.26 Å². The smallest absolute Gasteiger partial charge is 0.250 e. The molecule has 0 bridgehead atoms. The molecule has 2 amide bonds. The monoisotopic (exact) mass is 406 g/mol. The van der Waals surface area contributed by atoms with Gasteiger partial charge in [0.15, 0.2) is 0 Å². The molecule has 1 fully saturated rings. The molecule has 2 unspecified atom stereocenters. The zero-order valence-corrected chi connectivity index (χ0v) is 14.2. The Labute approximate surface area is 137 Å². The van der Waals surface area contributed by atoms with Gasteiger partial charge in [-0.25, -0.2) is 0 Å². The van der Waals surface area contributed by atoms with Gasteiger partial charge < -0.3 is 5.32 Å². The number of carbonyl (C=O) groups excluding carboxylic acids is 2. The average molecular weight is 407 g/mol. The minimum atomic E-state index is -0.458. The van der Waals surface area contributed by atoms with Crippen LogP contribution >= 0.6 is 34.2 Å². The third kappa shape index (κ3) is 2.79. The molecule has 1 heterocycles. The second kappa shape index (κ2) is 6.30. The Morgan fingerprint density at radius 2 is 2.00 bits per heavy atom. The van der Waals surface area contributed by atoms with Crippen molar-refractivity contribution >= 4 is 51.7 Å². The number of nitrogens with one attached hydrogen (secondary N) is 1. The molecule has 1 saturated heterocycles. The van der Waals surface area contributed by atoms with E-state index in [1.165, 1.54) is 0 Å². The predicted molar refractivity (Wildman–Crippen MR) is 88.0 cm³/mol. The molecule has 2 rings (SSSR count). The van der Waals surface area contributed by atoms with Crippen LogP contribution in [0.15, 0.2) is 18.2 Å². The summed E-state index contributed by atoms with van der Waals surface area (Å²) in [4.78, 5) is 26.4. The topological polar surface area (TPSA) is 49.4 Å². The lowest BCUT2D eigenvalue weighted by molar-refractivity contribution is -0.134. The van der Waals surface area contributed by atoms with Gasteiger partial charge in [0.05, 0.1) is 5.69 Å². The summed E-state index contributed by atoms with van der Waals surface area (Å²) in [5, 5.41) is 3.41. The molecule has 0 radical (unpaired) electrons. The number of rotatable bonds is 3. The summed E-state index contributed by atoms with van der Waals surface area (Å²) in [7, 11) is 0. The predicted octanol–water partition coefficient (Wildman–Crippen LogP) is 2.96. The van der Waals surface area contributed by atoms with Crippen molar-refractivity contribution in [2.24, 2.45) is 0 Å². The van der Waals surface area contributed by atoms with E-state index in [1.807, 2.05) is 13.8 Å². The number of anilines is 1. The fourth-order valence-corrected chi connectivity index (χ4v) is 3.51. The molecule has 4 nitrogen and oxygen atoms in total. The Kier molecular flexibility index (Phi) is 4.90. The first-order chi connectivity index (χ1) is 9.49. The van der Waals surface area contributed by atoms with Gasteiger partial charge >= 0.3 is 0 Å². The highest BCUT2D eigenvalue weighted by Crippen LogP contribution is 2.30. The van der Waals surface area contributed by atoms with Gasteiger partial charge in [0.25, 0.3) is 0 Å². The van der Waals surface area contributed by atoms with Crippen molar-refractivity contribution < 1.29 is 9.59 Å². The van der Waals surface area contributed by atoms with Crippen molar-refractivity contribution in [1.29, 1.82) is 0 Å². The lowest BCUT2D eigenvalue weighted by Crippen LogP contribution is -2.63. The molecule has 20 heavy (non-hydrogen) atoms. The van der Waals surface area contributed by atoms with Crippen LogP contribution in [0.3, 0.4) is 0 Å². The second-order valence-electron chi connectivity index (χ2n) is 4.70. The van der Waals surface area contributed by atoms with Crippen molar-refractivity contribution in [3.05, 3.63) is 26.8 Å². The molecule has 1 aromatic rings. The van der Waals surface area contributed by atoms with Crippen molar-refractivity contribution in [2.45, 2.75) is 38.8 Å². The van der Waals surface area contributed by atoms with Crippen molar-refractivity contribution in [2.75, 3.05) is 4.90 Å². The summed E-state index contributed by atoms with van der Waals surface area (Å²) in [6.07, 6.45) is 1.16. The largest absolute Gasteiger partial charge is 0.342 e. The molecule has 6 heteroatoms. The van der Waals surface area contributed by atoms with Crippen LogP contribution in [0.2, 0.25) is 5.02 Å². The lowest BCUT2D eigenvalue weighted by atomic mass is 10.0. The van der Waals surface area contributed by atoms with E-state index in [4.69, 9.17) is 11.6 Å². The first-order valence-electron chi connectivity index (χ1n) is 6.58. The maximum atomic E-state index is 12.6. The normalized spacial score (nSPS) is 22.9. The van der Waals surface area contributed by atoms with E-state index in [-0.39, 0.29) is 11.8 Å². The van der Waals surface area contributed by atoms with Gasteiger partial charge in [-0.05, 0) is 53.6 Å². The standard InChI is InChI=1S/C14H16ClIN2O2/c1-3-10-14(20)18(11(4-2)13(19)17-10)12-6-5-8(15)7-9(12)16/h5-7,10-11H,3-4H2,1-2H3,(H,17,19). The Morgan fingerprint density at radius 3 is 2.55 bits per heavy atom. The molecule has 1 aliphatic heterocycles. The molecule has 1 N–H and O–H groups in total. The number of carbonyl (C=O) groups is 2. The Hall–Kier alpha value is -0.820. The van der Waals surface area contributed by atoms with Crippen LogP contribution in [0.4, 0.5) is 5.69 Å². The number of amides is 2. The Balaban J connectivity index is 2.47. The van der Waals surface area contributed by atoms with Gasteiger partial charge in [0.1, 0.15) is 12.1 Å².